The lowest BCUT2D eigenvalue weighted by atomic mass is 9.77. The first-order valence-corrected chi connectivity index (χ1v) is 9.84. The van der Waals surface area contributed by atoms with E-state index in [0.717, 1.165) is 31.4 Å². The van der Waals surface area contributed by atoms with Crippen molar-refractivity contribution in [3.63, 3.8) is 0 Å². The molecule has 0 spiro atoms. The van der Waals surface area contributed by atoms with E-state index >= 15 is 0 Å². The minimum absolute atomic E-state index is 0.0375. The molecule has 2 N–H and O–H groups in total. The second-order valence-corrected chi connectivity index (χ2v) is 7.62. The Labute approximate surface area is 165 Å². The number of aryl methyl sites for hydroxylation is 2. The van der Waals surface area contributed by atoms with Crippen molar-refractivity contribution in [1.82, 2.24) is 20.8 Å². The summed E-state index contributed by atoms with van der Waals surface area (Å²) in [6.45, 7) is 5.71. The van der Waals surface area contributed by atoms with Gasteiger partial charge in [-0.3, -0.25) is 14.6 Å². The van der Waals surface area contributed by atoms with Gasteiger partial charge in [-0.05, 0) is 63.5 Å². The van der Waals surface area contributed by atoms with Gasteiger partial charge < -0.3 is 15.2 Å². The topological polar surface area (TPSA) is 97.1 Å². The van der Waals surface area contributed by atoms with Gasteiger partial charge in [-0.25, -0.2) is 0 Å². The fourth-order valence-electron chi connectivity index (χ4n) is 4.07. The molecule has 0 saturated heterocycles. The lowest BCUT2D eigenvalue weighted by molar-refractivity contribution is -0.120. The average Bonchev–Trinajstić information content (AvgIpc) is 3.03. The monoisotopic (exact) mass is 384 g/mol. The Morgan fingerprint density at radius 2 is 1.96 bits per heavy atom. The number of nitrogens with zero attached hydrogens (tertiary/aromatic N) is 2. The smallest absolute Gasteiger partial charge is 0.256 e. The maximum absolute atomic E-state index is 12.4. The molecule has 0 aliphatic heterocycles. The molecule has 3 rings (SSSR count). The molecule has 0 bridgehead atoms. The van der Waals surface area contributed by atoms with Crippen LogP contribution in [0.3, 0.4) is 0 Å². The molecule has 1 aliphatic carbocycles. The summed E-state index contributed by atoms with van der Waals surface area (Å²) in [4.78, 5) is 28.5. The number of carbonyl (C=O) groups is 2. The maximum atomic E-state index is 12.4. The molecule has 28 heavy (non-hydrogen) atoms. The summed E-state index contributed by atoms with van der Waals surface area (Å²) in [6, 6.07) is 5.74. The summed E-state index contributed by atoms with van der Waals surface area (Å²) < 4.78 is 5.07. The van der Waals surface area contributed by atoms with Crippen molar-refractivity contribution in [2.45, 2.75) is 52.5 Å². The molecule has 2 amide bonds. The van der Waals surface area contributed by atoms with Gasteiger partial charge in [0.1, 0.15) is 11.3 Å². The molecule has 2 heterocycles. The number of pyridine rings is 1. The van der Waals surface area contributed by atoms with Gasteiger partial charge in [-0.1, -0.05) is 11.2 Å². The van der Waals surface area contributed by atoms with Crippen molar-refractivity contribution in [2.75, 3.05) is 6.54 Å². The summed E-state index contributed by atoms with van der Waals surface area (Å²) in [5.74, 6) is 1.18. The highest BCUT2D eigenvalue weighted by Crippen LogP contribution is 2.36. The van der Waals surface area contributed by atoms with E-state index in [1.165, 1.54) is 0 Å². The van der Waals surface area contributed by atoms with Crippen LogP contribution in [-0.2, 0) is 4.79 Å². The van der Waals surface area contributed by atoms with Crippen molar-refractivity contribution >= 4 is 11.8 Å². The van der Waals surface area contributed by atoms with Crippen LogP contribution in [0.25, 0.3) is 0 Å². The average molecular weight is 384 g/mol. The maximum Gasteiger partial charge on any atom is 0.256 e. The van der Waals surface area contributed by atoms with E-state index in [2.05, 4.69) is 20.8 Å². The summed E-state index contributed by atoms with van der Waals surface area (Å²) >= 11 is 0. The largest absolute Gasteiger partial charge is 0.361 e. The van der Waals surface area contributed by atoms with Crippen molar-refractivity contribution in [3.8, 4) is 0 Å². The zero-order valence-corrected chi connectivity index (χ0v) is 16.7. The van der Waals surface area contributed by atoms with Gasteiger partial charge in [0.2, 0.25) is 5.91 Å². The van der Waals surface area contributed by atoms with Gasteiger partial charge in [0, 0.05) is 19.7 Å². The molecule has 150 valence electrons. The predicted octanol–water partition coefficient (Wildman–Crippen LogP) is 3.10. The van der Waals surface area contributed by atoms with E-state index in [1.54, 1.807) is 27.0 Å². The normalized spacial score (nSPS) is 20.4. The molecule has 7 heteroatoms. The van der Waals surface area contributed by atoms with Gasteiger partial charge in [0.15, 0.2) is 0 Å². The van der Waals surface area contributed by atoms with Crippen LogP contribution in [0.4, 0.5) is 0 Å². The third kappa shape index (κ3) is 4.77. The molecule has 1 aliphatic rings. The van der Waals surface area contributed by atoms with Crippen molar-refractivity contribution in [3.05, 3.63) is 47.1 Å². The number of rotatable bonds is 6. The Bertz CT molecular complexity index is 791. The molecule has 2 aromatic rings. The first-order valence-electron chi connectivity index (χ1n) is 9.84. The Balaban J connectivity index is 1.54. The standard InChI is InChI=1S/C21H28N4O3/c1-13-19(14(2)28-25-13)21(27)23-12-16-7-9-17(10-8-16)20(24-15(3)26)18-6-4-5-11-22-18/h4-6,11,16-17,20H,7-10,12H2,1-3H3,(H,23,27)(H,24,26)/t16?,17?,20-/m1/s1. The van der Waals surface area contributed by atoms with Gasteiger partial charge in [0.25, 0.3) is 5.91 Å². The van der Waals surface area contributed by atoms with Crippen LogP contribution in [-0.4, -0.2) is 28.5 Å². The van der Waals surface area contributed by atoms with Gasteiger partial charge in [-0.2, -0.15) is 0 Å². The van der Waals surface area contributed by atoms with Crippen LogP contribution in [0.15, 0.2) is 28.9 Å². The van der Waals surface area contributed by atoms with E-state index in [4.69, 9.17) is 4.52 Å². The molecule has 1 saturated carbocycles. The number of hydrogen-bond donors (Lipinski definition) is 2. The number of amides is 2. The number of aromatic nitrogens is 2. The van der Waals surface area contributed by atoms with Crippen LogP contribution in [0.1, 0.15) is 66.2 Å². The summed E-state index contributed by atoms with van der Waals surface area (Å²) in [5, 5.41) is 9.93. The van der Waals surface area contributed by atoms with Gasteiger partial charge in [-0.15, -0.1) is 0 Å². The first-order chi connectivity index (χ1) is 13.5. The van der Waals surface area contributed by atoms with E-state index < -0.39 is 0 Å². The van der Waals surface area contributed by atoms with Crippen molar-refractivity contribution in [1.29, 1.82) is 0 Å². The van der Waals surface area contributed by atoms with Gasteiger partial charge in [0.05, 0.1) is 17.4 Å². The number of hydrogen-bond acceptors (Lipinski definition) is 5. The minimum Gasteiger partial charge on any atom is -0.361 e. The van der Waals surface area contributed by atoms with Gasteiger partial charge >= 0.3 is 0 Å². The van der Waals surface area contributed by atoms with Crippen LogP contribution >= 0.6 is 0 Å². The Morgan fingerprint density at radius 3 is 2.54 bits per heavy atom. The third-order valence-electron chi connectivity index (χ3n) is 5.54. The molecular formula is C21H28N4O3. The zero-order chi connectivity index (χ0) is 20.1. The molecule has 2 aromatic heterocycles. The lowest BCUT2D eigenvalue weighted by Crippen LogP contribution is -2.36. The summed E-state index contributed by atoms with van der Waals surface area (Å²) in [6.07, 6.45) is 5.77. The predicted molar refractivity (Wildman–Crippen MR) is 105 cm³/mol. The van der Waals surface area contributed by atoms with E-state index in [1.807, 2.05) is 18.2 Å². The Kier molecular flexibility index (Phi) is 6.44. The van der Waals surface area contributed by atoms with Crippen molar-refractivity contribution < 1.29 is 14.1 Å². The molecule has 7 nitrogen and oxygen atoms in total. The summed E-state index contributed by atoms with van der Waals surface area (Å²) in [7, 11) is 0. The lowest BCUT2D eigenvalue weighted by Gasteiger charge is -2.34. The Morgan fingerprint density at radius 1 is 1.21 bits per heavy atom. The SMILES string of the molecule is CC(=O)N[C@@H](c1ccccn1)C1CCC(CNC(=O)c2c(C)noc2C)CC1. The zero-order valence-electron chi connectivity index (χ0n) is 16.7. The van der Waals surface area contributed by atoms with E-state index in [9.17, 15) is 9.59 Å². The molecule has 0 unspecified atom stereocenters. The second-order valence-electron chi connectivity index (χ2n) is 7.62. The highest BCUT2D eigenvalue weighted by Gasteiger charge is 2.30. The quantitative estimate of drug-likeness (QED) is 0.798. The first kappa shape index (κ1) is 20.0. The number of nitrogens with one attached hydrogen (secondary N) is 2. The van der Waals surface area contributed by atoms with Crippen LogP contribution in [0.5, 0.6) is 0 Å². The fourth-order valence-corrected chi connectivity index (χ4v) is 4.07. The highest BCUT2D eigenvalue weighted by molar-refractivity contribution is 5.96. The van der Waals surface area contributed by atoms with E-state index in [-0.39, 0.29) is 17.9 Å². The van der Waals surface area contributed by atoms with Crippen LogP contribution < -0.4 is 10.6 Å². The minimum atomic E-state index is -0.122. The Hall–Kier alpha value is -2.70. The summed E-state index contributed by atoms with van der Waals surface area (Å²) in [5.41, 5.74) is 2.06. The van der Waals surface area contributed by atoms with Crippen LogP contribution in [0, 0.1) is 25.7 Å². The molecular weight excluding hydrogens is 356 g/mol. The molecule has 0 radical (unpaired) electrons. The van der Waals surface area contributed by atoms with E-state index in [0.29, 0.717) is 35.4 Å². The molecule has 1 fully saturated rings. The molecule has 0 aromatic carbocycles. The fraction of sp³-hybridized carbons (Fsp3) is 0.524. The molecule has 1 atom stereocenters. The van der Waals surface area contributed by atoms with Crippen LogP contribution in [0.2, 0.25) is 0 Å². The number of carbonyl (C=O) groups excluding carboxylic acids is 2. The van der Waals surface area contributed by atoms with Crippen molar-refractivity contribution in [2.24, 2.45) is 11.8 Å². The third-order valence-corrected chi connectivity index (χ3v) is 5.54. The second kappa shape index (κ2) is 8.99. The highest BCUT2D eigenvalue weighted by atomic mass is 16.5.